The van der Waals surface area contributed by atoms with E-state index in [1.165, 1.54) is 17.1 Å². The lowest BCUT2D eigenvalue weighted by Gasteiger charge is -2.25. The van der Waals surface area contributed by atoms with Crippen LogP contribution in [0, 0.1) is 5.92 Å². The van der Waals surface area contributed by atoms with Gasteiger partial charge in [-0.1, -0.05) is 13.8 Å². The molecule has 1 rings (SSSR count). The number of aromatic nitrogens is 2. The second kappa shape index (κ2) is 5.38. The largest absolute Gasteiger partial charge is 0.389 e. The van der Waals surface area contributed by atoms with Crippen LogP contribution in [-0.2, 0) is 17.1 Å². The van der Waals surface area contributed by atoms with Gasteiger partial charge in [0.05, 0.1) is 11.8 Å². The van der Waals surface area contributed by atoms with E-state index in [9.17, 15) is 13.5 Å². The first-order valence-electron chi connectivity index (χ1n) is 5.83. The van der Waals surface area contributed by atoms with E-state index < -0.39 is 15.6 Å². The highest BCUT2D eigenvalue weighted by Crippen LogP contribution is 2.16. The molecular weight excluding hydrogens is 254 g/mol. The van der Waals surface area contributed by atoms with E-state index in [0.717, 1.165) is 0 Å². The Kier molecular flexibility index (Phi) is 4.52. The molecule has 0 bridgehead atoms. The molecule has 7 heteroatoms. The smallest absolute Gasteiger partial charge is 0.243 e. The molecule has 1 atom stereocenters. The van der Waals surface area contributed by atoms with Gasteiger partial charge in [-0.3, -0.25) is 4.68 Å². The number of aryl methyl sites for hydroxylation is 1. The molecule has 0 fully saturated rings. The Morgan fingerprint density at radius 3 is 2.61 bits per heavy atom. The fourth-order valence-corrected chi connectivity index (χ4v) is 2.97. The van der Waals surface area contributed by atoms with E-state index in [-0.39, 0.29) is 11.4 Å². The normalized spacial score (nSPS) is 15.9. The molecule has 1 aromatic heterocycles. The molecule has 1 unspecified atom stereocenters. The van der Waals surface area contributed by atoms with E-state index in [1.54, 1.807) is 14.0 Å². The topological polar surface area (TPSA) is 84.2 Å². The fourth-order valence-electron chi connectivity index (χ4n) is 1.82. The summed E-state index contributed by atoms with van der Waals surface area (Å²) in [7, 11) is -1.95. The van der Waals surface area contributed by atoms with Crippen molar-refractivity contribution >= 4 is 10.0 Å². The van der Waals surface area contributed by atoms with Gasteiger partial charge in [-0.25, -0.2) is 13.1 Å². The molecule has 6 nitrogen and oxygen atoms in total. The lowest BCUT2D eigenvalue weighted by atomic mass is 9.95. The van der Waals surface area contributed by atoms with Gasteiger partial charge in [0.1, 0.15) is 4.90 Å². The van der Waals surface area contributed by atoms with Gasteiger partial charge in [0.25, 0.3) is 0 Å². The second-order valence-electron chi connectivity index (χ2n) is 5.27. The van der Waals surface area contributed by atoms with Crippen molar-refractivity contribution < 1.29 is 13.5 Å². The molecule has 0 saturated heterocycles. The predicted molar refractivity (Wildman–Crippen MR) is 68.5 cm³/mol. The molecule has 0 aromatic carbocycles. The lowest BCUT2D eigenvalue weighted by molar-refractivity contribution is 0.0437. The van der Waals surface area contributed by atoms with E-state index in [4.69, 9.17) is 0 Å². The third-order valence-electron chi connectivity index (χ3n) is 2.48. The SMILES string of the molecule is CC(C)CC(C)(O)CNS(=O)(=O)c1cnn(C)c1. The molecular formula is C11H21N3O3S. The summed E-state index contributed by atoms with van der Waals surface area (Å²) in [6, 6.07) is 0. The van der Waals surface area contributed by atoms with E-state index >= 15 is 0 Å². The molecule has 0 aliphatic rings. The molecule has 0 amide bonds. The van der Waals surface area contributed by atoms with Crippen molar-refractivity contribution in [2.24, 2.45) is 13.0 Å². The van der Waals surface area contributed by atoms with Crippen molar-refractivity contribution in [3.05, 3.63) is 12.4 Å². The average Bonchev–Trinajstić information content (AvgIpc) is 2.61. The maximum Gasteiger partial charge on any atom is 0.243 e. The van der Waals surface area contributed by atoms with Crippen LogP contribution >= 0.6 is 0 Å². The maximum absolute atomic E-state index is 11.9. The zero-order valence-corrected chi connectivity index (χ0v) is 12.0. The molecule has 0 aliphatic carbocycles. The van der Waals surface area contributed by atoms with Gasteiger partial charge in [0, 0.05) is 19.8 Å². The van der Waals surface area contributed by atoms with Crippen LogP contribution in [0.2, 0.25) is 0 Å². The summed E-state index contributed by atoms with van der Waals surface area (Å²) in [4.78, 5) is 0.102. The van der Waals surface area contributed by atoms with Crippen LogP contribution < -0.4 is 4.72 Å². The minimum atomic E-state index is -3.60. The molecule has 1 heterocycles. The first kappa shape index (κ1) is 15.1. The Morgan fingerprint density at radius 2 is 2.17 bits per heavy atom. The standard InChI is InChI=1S/C11H21N3O3S/c1-9(2)5-11(3,15)8-13-18(16,17)10-6-12-14(4)7-10/h6-7,9,13,15H,5,8H2,1-4H3. The maximum atomic E-state index is 11.9. The summed E-state index contributed by atoms with van der Waals surface area (Å²) in [5.41, 5.74) is -1.05. The minimum Gasteiger partial charge on any atom is -0.389 e. The van der Waals surface area contributed by atoms with Crippen LogP contribution in [0.4, 0.5) is 0 Å². The number of nitrogens with zero attached hydrogens (tertiary/aromatic N) is 2. The van der Waals surface area contributed by atoms with Crippen molar-refractivity contribution in [1.29, 1.82) is 0 Å². The zero-order valence-electron chi connectivity index (χ0n) is 11.2. The number of aliphatic hydroxyl groups is 1. The molecule has 104 valence electrons. The van der Waals surface area contributed by atoms with Gasteiger partial charge in [0.15, 0.2) is 0 Å². The van der Waals surface area contributed by atoms with Crippen LogP contribution in [-0.4, -0.2) is 35.5 Å². The van der Waals surface area contributed by atoms with E-state index in [1.807, 2.05) is 13.8 Å². The third-order valence-corrected chi connectivity index (χ3v) is 3.84. The monoisotopic (exact) mass is 275 g/mol. The van der Waals surface area contributed by atoms with Gasteiger partial charge < -0.3 is 5.11 Å². The van der Waals surface area contributed by atoms with Crippen molar-refractivity contribution in [3.8, 4) is 0 Å². The molecule has 0 aliphatic heterocycles. The number of hydrogen-bond donors (Lipinski definition) is 2. The number of sulfonamides is 1. The van der Waals surface area contributed by atoms with E-state index in [2.05, 4.69) is 9.82 Å². The van der Waals surface area contributed by atoms with Gasteiger partial charge in [-0.15, -0.1) is 0 Å². The van der Waals surface area contributed by atoms with Gasteiger partial charge in [0.2, 0.25) is 10.0 Å². The first-order valence-corrected chi connectivity index (χ1v) is 7.31. The van der Waals surface area contributed by atoms with Gasteiger partial charge in [-0.2, -0.15) is 5.10 Å². The summed E-state index contributed by atoms with van der Waals surface area (Å²) >= 11 is 0. The van der Waals surface area contributed by atoms with Crippen molar-refractivity contribution in [2.75, 3.05) is 6.54 Å². The Bertz CT molecular complexity index is 491. The first-order chi connectivity index (χ1) is 8.12. The van der Waals surface area contributed by atoms with Crippen molar-refractivity contribution in [2.45, 2.75) is 37.7 Å². The van der Waals surface area contributed by atoms with Crippen LogP contribution in [0.1, 0.15) is 27.2 Å². The average molecular weight is 275 g/mol. The molecule has 0 saturated carbocycles. The van der Waals surface area contributed by atoms with Gasteiger partial charge in [-0.05, 0) is 19.3 Å². The minimum absolute atomic E-state index is 0.0115. The van der Waals surface area contributed by atoms with Gasteiger partial charge >= 0.3 is 0 Å². The number of rotatable bonds is 6. The number of hydrogen-bond acceptors (Lipinski definition) is 4. The summed E-state index contributed by atoms with van der Waals surface area (Å²) < 4.78 is 27.6. The highest BCUT2D eigenvalue weighted by Gasteiger charge is 2.25. The molecule has 0 radical (unpaired) electrons. The zero-order chi connectivity index (χ0) is 14.0. The second-order valence-corrected chi connectivity index (χ2v) is 7.04. The predicted octanol–water partition coefficient (Wildman–Crippen LogP) is 0.495. The summed E-state index contributed by atoms with van der Waals surface area (Å²) in [6.45, 7) is 5.56. The fraction of sp³-hybridized carbons (Fsp3) is 0.727. The van der Waals surface area contributed by atoms with Crippen LogP contribution in [0.5, 0.6) is 0 Å². The van der Waals surface area contributed by atoms with Crippen molar-refractivity contribution in [3.63, 3.8) is 0 Å². The summed E-state index contributed by atoms with van der Waals surface area (Å²) in [5.74, 6) is 0.294. The lowest BCUT2D eigenvalue weighted by Crippen LogP contribution is -2.41. The summed E-state index contributed by atoms with van der Waals surface area (Å²) in [6.07, 6.45) is 3.22. The summed E-state index contributed by atoms with van der Waals surface area (Å²) in [5, 5.41) is 13.9. The quantitative estimate of drug-likeness (QED) is 0.791. The molecule has 1 aromatic rings. The molecule has 2 N–H and O–H groups in total. The van der Waals surface area contributed by atoms with Crippen LogP contribution in [0.3, 0.4) is 0 Å². The Hall–Kier alpha value is -0.920. The Morgan fingerprint density at radius 1 is 1.56 bits per heavy atom. The third kappa shape index (κ3) is 4.40. The van der Waals surface area contributed by atoms with Crippen molar-refractivity contribution in [1.82, 2.24) is 14.5 Å². The van der Waals surface area contributed by atoms with Crippen LogP contribution in [0.15, 0.2) is 17.3 Å². The Balaban J connectivity index is 2.68. The molecule has 18 heavy (non-hydrogen) atoms. The van der Waals surface area contributed by atoms with E-state index in [0.29, 0.717) is 12.3 Å². The molecule has 0 spiro atoms. The van der Waals surface area contributed by atoms with Crippen LogP contribution in [0.25, 0.3) is 0 Å². The highest BCUT2D eigenvalue weighted by atomic mass is 32.2. The number of nitrogens with one attached hydrogen (secondary N) is 1. The Labute approximate surface area is 108 Å². The highest BCUT2D eigenvalue weighted by molar-refractivity contribution is 7.89.